The molecule has 0 aromatic carbocycles. The number of nitrogens with zero attached hydrogens (tertiary/aromatic N) is 1. The molecule has 1 N–H and O–H groups in total. The van der Waals surface area contributed by atoms with Crippen LogP contribution in [-0.2, 0) is 14.3 Å². The molecule has 0 fully saturated rings. The first-order chi connectivity index (χ1) is 9.40. The molecule has 0 bridgehead atoms. The van der Waals surface area contributed by atoms with Gasteiger partial charge in [0.05, 0.1) is 10.8 Å². The minimum absolute atomic E-state index is 0.100. The number of hydrogen-bond donors (Lipinski definition) is 1. The topological polar surface area (TPSA) is 66.8 Å². The molecule has 5 heteroatoms. The van der Waals surface area contributed by atoms with E-state index in [2.05, 4.69) is 0 Å². The summed E-state index contributed by atoms with van der Waals surface area (Å²) in [6, 6.07) is 0. The van der Waals surface area contributed by atoms with Crippen molar-refractivity contribution < 1.29 is 19.4 Å². The summed E-state index contributed by atoms with van der Waals surface area (Å²) in [6.07, 6.45) is 1.50. The Morgan fingerprint density at radius 2 is 1.43 bits per heavy atom. The minimum atomic E-state index is -0.722. The van der Waals surface area contributed by atoms with Crippen molar-refractivity contribution in [1.29, 1.82) is 0 Å². The van der Waals surface area contributed by atoms with Crippen LogP contribution >= 0.6 is 0 Å². The maximum absolute atomic E-state index is 11.4. The first kappa shape index (κ1) is 22.2. The molecular formula is C16H33NO4. The summed E-state index contributed by atoms with van der Waals surface area (Å²) in [6.45, 7) is 12.4. The largest absolute Gasteiger partial charge is 0.481 e. The van der Waals surface area contributed by atoms with E-state index in [1.807, 2.05) is 46.7 Å². The number of carbonyl (C=O) groups is 2. The van der Waals surface area contributed by atoms with Crippen molar-refractivity contribution in [3.8, 4) is 0 Å². The van der Waals surface area contributed by atoms with Crippen LogP contribution in [0.25, 0.3) is 0 Å². The van der Waals surface area contributed by atoms with E-state index in [0.29, 0.717) is 13.0 Å². The Bertz CT molecular complexity index is 322. The average Bonchev–Trinajstić information content (AvgIpc) is 2.38. The lowest BCUT2D eigenvalue weighted by Crippen LogP contribution is -2.28. The Kier molecular flexibility index (Phi) is 10.3. The van der Waals surface area contributed by atoms with Gasteiger partial charge in [-0.05, 0) is 54.6 Å². The van der Waals surface area contributed by atoms with Crippen LogP contribution in [0.4, 0.5) is 0 Å². The molecule has 0 rings (SSSR count). The van der Waals surface area contributed by atoms with Crippen molar-refractivity contribution in [1.82, 2.24) is 4.90 Å². The fraction of sp³-hybridized carbons (Fsp3) is 0.875. The van der Waals surface area contributed by atoms with Gasteiger partial charge in [-0.25, -0.2) is 0 Å². The van der Waals surface area contributed by atoms with E-state index in [9.17, 15) is 9.59 Å². The summed E-state index contributed by atoms with van der Waals surface area (Å²) < 4.78 is 5.13. The lowest BCUT2D eigenvalue weighted by Gasteiger charge is -2.20. The highest BCUT2D eigenvalue weighted by molar-refractivity contribution is 5.75. The van der Waals surface area contributed by atoms with Crippen LogP contribution < -0.4 is 0 Å². The SMILES string of the molecule is CCC(C)(C)C(=O)O.CCC(C)(C)C(=O)OCCN(C)C. The maximum atomic E-state index is 11.4. The fourth-order valence-corrected chi connectivity index (χ4v) is 0.812. The van der Waals surface area contributed by atoms with E-state index in [-0.39, 0.29) is 11.4 Å². The third-order valence-electron chi connectivity index (χ3n) is 3.67. The van der Waals surface area contributed by atoms with Gasteiger partial charge < -0.3 is 14.7 Å². The second kappa shape index (κ2) is 9.77. The number of carboxylic acids is 1. The molecular weight excluding hydrogens is 270 g/mol. The molecule has 21 heavy (non-hydrogen) atoms. The van der Waals surface area contributed by atoms with Gasteiger partial charge in [0.1, 0.15) is 6.61 Å². The zero-order chi connectivity index (χ0) is 17.3. The van der Waals surface area contributed by atoms with Crippen LogP contribution in [0, 0.1) is 10.8 Å². The second-order valence-corrected chi connectivity index (χ2v) is 6.72. The summed E-state index contributed by atoms with van der Waals surface area (Å²) in [7, 11) is 3.91. The van der Waals surface area contributed by atoms with Crippen LogP contribution in [0.15, 0.2) is 0 Å². The molecule has 0 radical (unpaired) electrons. The Hall–Kier alpha value is -1.10. The number of likely N-dealkylation sites (N-methyl/N-ethyl adjacent to an activating group) is 1. The van der Waals surface area contributed by atoms with Gasteiger partial charge in [0, 0.05) is 6.54 Å². The second-order valence-electron chi connectivity index (χ2n) is 6.72. The van der Waals surface area contributed by atoms with Crippen molar-refractivity contribution >= 4 is 11.9 Å². The molecule has 5 nitrogen and oxygen atoms in total. The first-order valence-corrected chi connectivity index (χ1v) is 7.46. The van der Waals surface area contributed by atoms with Gasteiger partial charge in [-0.2, -0.15) is 0 Å². The third kappa shape index (κ3) is 10.3. The van der Waals surface area contributed by atoms with Crippen molar-refractivity contribution in [2.75, 3.05) is 27.2 Å². The molecule has 0 saturated heterocycles. The summed E-state index contributed by atoms with van der Waals surface area (Å²) in [4.78, 5) is 23.7. The fourth-order valence-electron chi connectivity index (χ4n) is 0.812. The molecule has 0 aromatic heterocycles. The van der Waals surface area contributed by atoms with Gasteiger partial charge >= 0.3 is 11.9 Å². The third-order valence-corrected chi connectivity index (χ3v) is 3.67. The van der Waals surface area contributed by atoms with E-state index < -0.39 is 11.4 Å². The predicted octanol–water partition coefficient (Wildman–Crippen LogP) is 3.03. The smallest absolute Gasteiger partial charge is 0.311 e. The van der Waals surface area contributed by atoms with E-state index in [1.54, 1.807) is 13.8 Å². The normalized spacial score (nSPS) is 11.7. The maximum Gasteiger partial charge on any atom is 0.311 e. The van der Waals surface area contributed by atoms with Gasteiger partial charge in [0.25, 0.3) is 0 Å². The van der Waals surface area contributed by atoms with Crippen molar-refractivity contribution in [2.45, 2.75) is 54.4 Å². The number of rotatable bonds is 7. The zero-order valence-electron chi connectivity index (χ0n) is 14.9. The number of aliphatic carboxylic acids is 1. The van der Waals surface area contributed by atoms with Gasteiger partial charge in [-0.15, -0.1) is 0 Å². The Morgan fingerprint density at radius 1 is 1.00 bits per heavy atom. The summed E-state index contributed by atoms with van der Waals surface area (Å²) in [5.74, 6) is -0.822. The first-order valence-electron chi connectivity index (χ1n) is 7.46. The predicted molar refractivity (Wildman–Crippen MR) is 85.3 cm³/mol. The molecule has 0 aliphatic rings. The average molecular weight is 303 g/mol. The summed E-state index contributed by atoms with van der Waals surface area (Å²) in [5.41, 5.74) is -0.883. The van der Waals surface area contributed by atoms with Gasteiger partial charge in [0.2, 0.25) is 0 Å². The van der Waals surface area contributed by atoms with Gasteiger partial charge in [-0.1, -0.05) is 13.8 Å². The highest BCUT2D eigenvalue weighted by Gasteiger charge is 2.26. The molecule has 0 aliphatic carbocycles. The minimum Gasteiger partial charge on any atom is -0.481 e. The zero-order valence-corrected chi connectivity index (χ0v) is 14.9. The highest BCUT2D eigenvalue weighted by Crippen LogP contribution is 2.21. The molecule has 0 aliphatic heterocycles. The molecule has 0 saturated carbocycles. The quantitative estimate of drug-likeness (QED) is 0.732. The van der Waals surface area contributed by atoms with Crippen molar-refractivity contribution in [2.24, 2.45) is 10.8 Å². The standard InChI is InChI=1S/C10H21NO2.C6H12O2/c1-6-10(2,3)9(12)13-8-7-11(4)5;1-4-6(2,3)5(7)8/h6-8H2,1-5H3;4H2,1-3H3,(H,7,8). The van der Waals surface area contributed by atoms with Crippen LogP contribution in [0.3, 0.4) is 0 Å². The van der Waals surface area contributed by atoms with E-state index in [0.717, 1.165) is 13.0 Å². The molecule has 0 atom stereocenters. The van der Waals surface area contributed by atoms with Crippen molar-refractivity contribution in [3.05, 3.63) is 0 Å². The molecule has 0 unspecified atom stereocenters. The Labute approximate surface area is 129 Å². The van der Waals surface area contributed by atoms with E-state index >= 15 is 0 Å². The monoisotopic (exact) mass is 303 g/mol. The highest BCUT2D eigenvalue weighted by atomic mass is 16.5. The van der Waals surface area contributed by atoms with Crippen LogP contribution in [0.5, 0.6) is 0 Å². The number of carboxylic acid groups (broad SMARTS) is 1. The van der Waals surface area contributed by atoms with Gasteiger partial charge in [-0.3, -0.25) is 9.59 Å². The molecule has 0 amide bonds. The summed E-state index contributed by atoms with van der Waals surface area (Å²) >= 11 is 0. The number of hydrogen-bond acceptors (Lipinski definition) is 4. The number of carbonyl (C=O) groups excluding carboxylic acids is 1. The number of esters is 1. The summed E-state index contributed by atoms with van der Waals surface area (Å²) in [5, 5.41) is 8.44. The number of ether oxygens (including phenoxy) is 1. The lowest BCUT2D eigenvalue weighted by molar-refractivity contribution is -0.154. The lowest BCUT2D eigenvalue weighted by atomic mass is 9.91. The molecule has 0 aromatic rings. The Morgan fingerprint density at radius 3 is 1.67 bits per heavy atom. The van der Waals surface area contributed by atoms with Gasteiger partial charge in [0.15, 0.2) is 0 Å². The van der Waals surface area contributed by atoms with Crippen molar-refractivity contribution in [3.63, 3.8) is 0 Å². The molecule has 126 valence electrons. The van der Waals surface area contributed by atoms with E-state index in [1.165, 1.54) is 0 Å². The van der Waals surface area contributed by atoms with Crippen LogP contribution in [0.2, 0.25) is 0 Å². The Balaban J connectivity index is 0. The van der Waals surface area contributed by atoms with Crippen LogP contribution in [0.1, 0.15) is 54.4 Å². The van der Waals surface area contributed by atoms with E-state index in [4.69, 9.17) is 9.84 Å². The molecule has 0 heterocycles. The molecule has 0 spiro atoms. The van der Waals surface area contributed by atoms with Crippen LogP contribution in [-0.4, -0.2) is 49.2 Å².